The first-order valence-electron chi connectivity index (χ1n) is 4.96. The molecule has 5 heteroatoms. The minimum atomic E-state index is -0.598. The SMILES string of the molecule is C=CC(=O)Oc1ccc(C=C(C=O)C=O)c(N)c1. The van der Waals surface area contributed by atoms with Crippen LogP contribution in [0.3, 0.4) is 0 Å². The highest BCUT2D eigenvalue weighted by Crippen LogP contribution is 2.21. The molecule has 0 bridgehead atoms. The fourth-order valence-corrected chi connectivity index (χ4v) is 1.18. The van der Waals surface area contributed by atoms with Crippen molar-refractivity contribution in [2.24, 2.45) is 0 Å². The molecule has 1 aromatic carbocycles. The summed E-state index contributed by atoms with van der Waals surface area (Å²) in [7, 11) is 0. The third-order valence-electron chi connectivity index (χ3n) is 2.04. The number of anilines is 1. The highest BCUT2D eigenvalue weighted by molar-refractivity contribution is 6.05. The van der Waals surface area contributed by atoms with Crippen LogP contribution >= 0.6 is 0 Å². The van der Waals surface area contributed by atoms with Gasteiger partial charge >= 0.3 is 5.97 Å². The van der Waals surface area contributed by atoms with Gasteiger partial charge in [0.15, 0.2) is 12.6 Å². The number of hydrogen-bond acceptors (Lipinski definition) is 5. The summed E-state index contributed by atoms with van der Waals surface area (Å²) in [4.78, 5) is 31.9. The van der Waals surface area contributed by atoms with Crippen molar-refractivity contribution in [2.75, 3.05) is 5.73 Å². The van der Waals surface area contributed by atoms with E-state index < -0.39 is 5.97 Å². The van der Waals surface area contributed by atoms with Gasteiger partial charge in [0.25, 0.3) is 0 Å². The first-order chi connectivity index (χ1) is 8.60. The van der Waals surface area contributed by atoms with Crippen LogP contribution in [-0.4, -0.2) is 18.5 Å². The van der Waals surface area contributed by atoms with E-state index in [0.29, 0.717) is 18.1 Å². The number of aldehydes is 2. The molecule has 0 spiro atoms. The number of hydrogen-bond donors (Lipinski definition) is 1. The number of ether oxygens (including phenoxy) is 1. The van der Waals surface area contributed by atoms with E-state index in [1.54, 1.807) is 0 Å². The van der Waals surface area contributed by atoms with Gasteiger partial charge in [-0.1, -0.05) is 6.58 Å². The number of benzene rings is 1. The van der Waals surface area contributed by atoms with Crippen LogP contribution in [0.2, 0.25) is 0 Å². The van der Waals surface area contributed by atoms with Gasteiger partial charge < -0.3 is 10.5 Å². The lowest BCUT2D eigenvalue weighted by Gasteiger charge is -2.05. The second-order valence-corrected chi connectivity index (χ2v) is 3.30. The van der Waals surface area contributed by atoms with Crippen LogP contribution in [0, 0.1) is 0 Å². The Hall–Kier alpha value is -2.69. The summed E-state index contributed by atoms with van der Waals surface area (Å²) in [6.07, 6.45) is 3.23. The molecule has 2 N–H and O–H groups in total. The van der Waals surface area contributed by atoms with E-state index in [4.69, 9.17) is 10.5 Å². The van der Waals surface area contributed by atoms with E-state index in [1.165, 1.54) is 24.3 Å². The molecule has 0 saturated carbocycles. The largest absolute Gasteiger partial charge is 0.423 e. The summed E-state index contributed by atoms with van der Waals surface area (Å²) in [5, 5.41) is 0. The van der Waals surface area contributed by atoms with Crippen LogP contribution < -0.4 is 10.5 Å². The molecule has 0 aliphatic heterocycles. The standard InChI is InChI=1S/C13H11NO4/c1-2-13(17)18-11-4-3-10(12(14)6-11)5-9(7-15)8-16/h2-8H,1,14H2. The van der Waals surface area contributed by atoms with Gasteiger partial charge in [-0.25, -0.2) is 4.79 Å². The molecule has 1 rings (SSSR count). The van der Waals surface area contributed by atoms with Crippen LogP contribution in [0.25, 0.3) is 6.08 Å². The van der Waals surface area contributed by atoms with E-state index in [0.717, 1.165) is 6.08 Å². The fourth-order valence-electron chi connectivity index (χ4n) is 1.18. The summed E-state index contributed by atoms with van der Waals surface area (Å²) >= 11 is 0. The molecule has 0 amide bonds. The lowest BCUT2D eigenvalue weighted by atomic mass is 10.1. The zero-order valence-corrected chi connectivity index (χ0v) is 9.46. The van der Waals surface area contributed by atoms with Gasteiger partial charge in [0.05, 0.1) is 5.57 Å². The number of nitrogens with two attached hydrogens (primary N) is 1. The number of carbonyl (C=O) groups is 3. The monoisotopic (exact) mass is 245 g/mol. The summed E-state index contributed by atoms with van der Waals surface area (Å²) in [5.41, 5.74) is 6.44. The Balaban J connectivity index is 3.02. The highest BCUT2D eigenvalue weighted by Gasteiger charge is 2.04. The van der Waals surface area contributed by atoms with Gasteiger partial charge in [-0.3, -0.25) is 9.59 Å². The summed E-state index contributed by atoms with van der Waals surface area (Å²) in [5.74, 6) is -0.340. The molecular weight excluding hydrogens is 234 g/mol. The van der Waals surface area contributed by atoms with Crippen LogP contribution in [0.5, 0.6) is 5.75 Å². The van der Waals surface area contributed by atoms with Crippen molar-refractivity contribution in [1.82, 2.24) is 0 Å². The highest BCUT2D eigenvalue weighted by atomic mass is 16.5. The molecule has 0 aliphatic carbocycles. The summed E-state index contributed by atoms with van der Waals surface area (Å²) in [6, 6.07) is 4.45. The maximum Gasteiger partial charge on any atom is 0.335 e. The van der Waals surface area contributed by atoms with Gasteiger partial charge in [0.1, 0.15) is 5.75 Å². The molecule has 1 aromatic rings. The normalized spacial score (nSPS) is 9.11. The second-order valence-electron chi connectivity index (χ2n) is 3.30. The Morgan fingerprint density at radius 3 is 2.44 bits per heavy atom. The molecule has 5 nitrogen and oxygen atoms in total. The number of carbonyl (C=O) groups excluding carboxylic acids is 3. The van der Waals surface area contributed by atoms with Crippen molar-refractivity contribution in [2.45, 2.75) is 0 Å². The van der Waals surface area contributed by atoms with Crippen molar-refractivity contribution in [1.29, 1.82) is 0 Å². The molecule has 0 unspecified atom stereocenters. The maximum absolute atomic E-state index is 11.0. The van der Waals surface area contributed by atoms with Gasteiger partial charge in [-0.2, -0.15) is 0 Å². The third kappa shape index (κ3) is 3.41. The lowest BCUT2D eigenvalue weighted by molar-refractivity contribution is -0.129. The Bertz CT molecular complexity index is 522. The van der Waals surface area contributed by atoms with E-state index >= 15 is 0 Å². The Morgan fingerprint density at radius 2 is 1.94 bits per heavy atom. The summed E-state index contributed by atoms with van der Waals surface area (Å²) < 4.78 is 4.86. The zero-order chi connectivity index (χ0) is 13.5. The van der Waals surface area contributed by atoms with E-state index in [2.05, 4.69) is 6.58 Å². The lowest BCUT2D eigenvalue weighted by Crippen LogP contribution is -2.03. The number of allylic oxidation sites excluding steroid dienone is 1. The van der Waals surface area contributed by atoms with Crippen molar-refractivity contribution < 1.29 is 19.1 Å². The molecule has 0 aromatic heterocycles. The van der Waals surface area contributed by atoms with Crippen molar-refractivity contribution in [3.05, 3.63) is 42.0 Å². The minimum absolute atomic E-state index is 0.0301. The minimum Gasteiger partial charge on any atom is -0.423 e. The molecule has 18 heavy (non-hydrogen) atoms. The fraction of sp³-hybridized carbons (Fsp3) is 0. The second kappa shape index (κ2) is 6.15. The summed E-state index contributed by atoms with van der Waals surface area (Å²) in [6.45, 7) is 3.27. The molecule has 92 valence electrons. The Labute approximate surface area is 104 Å². The van der Waals surface area contributed by atoms with Crippen LogP contribution in [0.1, 0.15) is 5.56 Å². The number of esters is 1. The molecule has 0 saturated heterocycles. The van der Waals surface area contributed by atoms with E-state index in [-0.39, 0.29) is 17.0 Å². The third-order valence-corrected chi connectivity index (χ3v) is 2.04. The van der Waals surface area contributed by atoms with Crippen molar-refractivity contribution in [3.63, 3.8) is 0 Å². The quantitative estimate of drug-likeness (QED) is 0.160. The molecule has 0 radical (unpaired) electrons. The average molecular weight is 245 g/mol. The number of nitrogen functional groups attached to an aromatic ring is 1. The van der Waals surface area contributed by atoms with E-state index in [1.807, 2.05) is 0 Å². The van der Waals surface area contributed by atoms with Gasteiger partial charge in [0.2, 0.25) is 0 Å². The van der Waals surface area contributed by atoms with Crippen LogP contribution in [-0.2, 0) is 14.4 Å². The van der Waals surface area contributed by atoms with Crippen LogP contribution in [0.4, 0.5) is 5.69 Å². The first kappa shape index (κ1) is 13.4. The van der Waals surface area contributed by atoms with Gasteiger partial charge in [-0.15, -0.1) is 0 Å². The molecular formula is C13H11NO4. The van der Waals surface area contributed by atoms with Gasteiger partial charge in [0, 0.05) is 17.8 Å². The van der Waals surface area contributed by atoms with Crippen molar-refractivity contribution in [3.8, 4) is 5.75 Å². The molecule has 0 atom stereocenters. The molecule has 0 fully saturated rings. The van der Waals surface area contributed by atoms with Crippen molar-refractivity contribution >= 4 is 30.3 Å². The first-order valence-corrected chi connectivity index (χ1v) is 4.96. The molecule has 0 heterocycles. The average Bonchev–Trinajstić information content (AvgIpc) is 2.38. The Morgan fingerprint density at radius 1 is 1.28 bits per heavy atom. The van der Waals surface area contributed by atoms with Crippen LogP contribution in [0.15, 0.2) is 36.4 Å². The Kier molecular flexibility index (Phi) is 4.57. The predicted molar refractivity (Wildman–Crippen MR) is 66.8 cm³/mol. The molecule has 0 aliphatic rings. The smallest absolute Gasteiger partial charge is 0.335 e. The van der Waals surface area contributed by atoms with E-state index in [9.17, 15) is 14.4 Å². The number of rotatable bonds is 5. The van der Waals surface area contributed by atoms with Gasteiger partial charge in [-0.05, 0) is 23.8 Å². The topological polar surface area (TPSA) is 86.5 Å². The predicted octanol–water partition coefficient (Wildman–Crippen LogP) is 1.14. The maximum atomic E-state index is 11.0. The zero-order valence-electron chi connectivity index (χ0n) is 9.46.